The Morgan fingerprint density at radius 1 is 1.42 bits per heavy atom. The normalized spacial score (nSPS) is 16.9. The average Bonchev–Trinajstić information content (AvgIpc) is 2.40. The van der Waals surface area contributed by atoms with E-state index in [0.29, 0.717) is 25.3 Å². The molecular weight excluding hydrogens is 249 g/mol. The minimum Gasteiger partial charge on any atom is -0.478 e. The second-order valence-corrected chi connectivity index (χ2v) is 4.40. The number of hydrogen-bond acceptors (Lipinski definition) is 3. The largest absolute Gasteiger partial charge is 0.478 e. The Kier molecular flexibility index (Phi) is 4.65. The molecule has 1 aliphatic heterocycles. The number of nitrogens with zero attached hydrogens (tertiary/aromatic N) is 1. The van der Waals surface area contributed by atoms with Crippen LogP contribution in [-0.2, 0) is 16.1 Å². The highest BCUT2D eigenvalue weighted by atomic mass is 19.1. The van der Waals surface area contributed by atoms with E-state index in [-0.39, 0.29) is 5.82 Å². The van der Waals surface area contributed by atoms with Gasteiger partial charge in [0.2, 0.25) is 0 Å². The topological polar surface area (TPSA) is 49.8 Å². The molecule has 0 atom stereocenters. The van der Waals surface area contributed by atoms with Crippen molar-refractivity contribution in [1.82, 2.24) is 4.90 Å². The van der Waals surface area contributed by atoms with Crippen LogP contribution in [0.2, 0.25) is 0 Å². The molecule has 1 heterocycles. The number of carbonyl (C=O) groups is 1. The van der Waals surface area contributed by atoms with Crippen molar-refractivity contribution in [1.29, 1.82) is 0 Å². The van der Waals surface area contributed by atoms with Gasteiger partial charge in [-0.25, -0.2) is 9.18 Å². The Labute approximate surface area is 111 Å². The standard InChI is InChI=1S/C14H16FNO3/c15-13-3-1-12(10-16-5-7-19-8-6-16)11(9-13)2-4-14(17)18/h1-4,9H,5-8,10H2,(H,17,18). The van der Waals surface area contributed by atoms with Crippen LogP contribution in [-0.4, -0.2) is 42.3 Å². The van der Waals surface area contributed by atoms with Crippen molar-refractivity contribution in [3.8, 4) is 0 Å². The van der Waals surface area contributed by atoms with Gasteiger partial charge in [-0.3, -0.25) is 4.90 Å². The number of hydrogen-bond donors (Lipinski definition) is 1. The zero-order valence-electron chi connectivity index (χ0n) is 10.5. The van der Waals surface area contributed by atoms with Gasteiger partial charge in [-0.05, 0) is 29.3 Å². The molecule has 2 rings (SSSR count). The minimum atomic E-state index is -1.04. The van der Waals surface area contributed by atoms with Gasteiger partial charge in [-0.15, -0.1) is 0 Å². The molecule has 1 aromatic rings. The van der Waals surface area contributed by atoms with Gasteiger partial charge in [-0.2, -0.15) is 0 Å². The number of halogens is 1. The van der Waals surface area contributed by atoms with Crippen LogP contribution in [0.1, 0.15) is 11.1 Å². The molecule has 0 amide bonds. The number of morpholine rings is 1. The lowest BCUT2D eigenvalue weighted by atomic mass is 10.1. The maximum atomic E-state index is 13.2. The lowest BCUT2D eigenvalue weighted by molar-refractivity contribution is -0.131. The smallest absolute Gasteiger partial charge is 0.328 e. The summed E-state index contributed by atoms with van der Waals surface area (Å²) in [6, 6.07) is 4.45. The molecule has 0 aromatic heterocycles. The first kappa shape index (κ1) is 13.7. The summed E-state index contributed by atoms with van der Waals surface area (Å²) < 4.78 is 18.5. The minimum absolute atomic E-state index is 0.365. The molecule has 0 spiro atoms. The number of aliphatic carboxylic acids is 1. The Bertz CT molecular complexity index is 482. The summed E-state index contributed by atoms with van der Waals surface area (Å²) in [7, 11) is 0. The van der Waals surface area contributed by atoms with E-state index in [4.69, 9.17) is 9.84 Å². The number of carboxylic acid groups (broad SMARTS) is 1. The first-order chi connectivity index (χ1) is 9.15. The highest BCUT2D eigenvalue weighted by molar-refractivity contribution is 5.85. The second kappa shape index (κ2) is 6.45. The van der Waals surface area contributed by atoms with Gasteiger partial charge in [0.25, 0.3) is 0 Å². The summed E-state index contributed by atoms with van der Waals surface area (Å²) in [6.45, 7) is 3.73. The van der Waals surface area contributed by atoms with E-state index >= 15 is 0 Å². The summed E-state index contributed by atoms with van der Waals surface area (Å²) in [6.07, 6.45) is 2.46. The molecule has 0 saturated carbocycles. The van der Waals surface area contributed by atoms with Crippen LogP contribution < -0.4 is 0 Å². The van der Waals surface area contributed by atoms with E-state index in [2.05, 4.69) is 4.90 Å². The van der Waals surface area contributed by atoms with Gasteiger partial charge < -0.3 is 9.84 Å². The zero-order chi connectivity index (χ0) is 13.7. The summed E-state index contributed by atoms with van der Waals surface area (Å²) in [5, 5.41) is 8.65. The van der Waals surface area contributed by atoms with Gasteiger partial charge in [0, 0.05) is 25.7 Å². The number of ether oxygens (including phenoxy) is 1. The average molecular weight is 265 g/mol. The quantitative estimate of drug-likeness (QED) is 0.843. The van der Waals surface area contributed by atoms with Crippen molar-refractivity contribution < 1.29 is 19.0 Å². The highest BCUT2D eigenvalue weighted by Crippen LogP contribution is 2.16. The van der Waals surface area contributed by atoms with Gasteiger partial charge in [0.15, 0.2) is 0 Å². The third-order valence-corrected chi connectivity index (χ3v) is 3.01. The lowest BCUT2D eigenvalue weighted by Gasteiger charge is -2.27. The molecule has 19 heavy (non-hydrogen) atoms. The summed E-state index contributed by atoms with van der Waals surface area (Å²) >= 11 is 0. The van der Waals surface area contributed by atoms with Crippen molar-refractivity contribution in [3.63, 3.8) is 0 Å². The fourth-order valence-corrected chi connectivity index (χ4v) is 2.03. The van der Waals surface area contributed by atoms with E-state index in [9.17, 15) is 9.18 Å². The van der Waals surface area contributed by atoms with Crippen molar-refractivity contribution in [2.75, 3.05) is 26.3 Å². The van der Waals surface area contributed by atoms with Crippen LogP contribution in [0.4, 0.5) is 4.39 Å². The Balaban J connectivity index is 2.15. The molecule has 1 aromatic carbocycles. The fourth-order valence-electron chi connectivity index (χ4n) is 2.03. The van der Waals surface area contributed by atoms with Crippen LogP contribution in [0.5, 0.6) is 0 Å². The molecule has 102 valence electrons. The van der Waals surface area contributed by atoms with Gasteiger partial charge in [0.1, 0.15) is 5.82 Å². The van der Waals surface area contributed by atoms with Crippen LogP contribution in [0.3, 0.4) is 0 Å². The predicted octanol–water partition coefficient (Wildman–Crippen LogP) is 1.76. The summed E-state index contributed by atoms with van der Waals surface area (Å²) in [5.41, 5.74) is 1.52. The van der Waals surface area contributed by atoms with Crippen molar-refractivity contribution in [2.45, 2.75) is 6.54 Å². The SMILES string of the molecule is O=C(O)C=Cc1cc(F)ccc1CN1CCOCC1. The third kappa shape index (κ3) is 4.15. The molecular formula is C14H16FNO3. The van der Waals surface area contributed by atoms with Crippen LogP contribution in [0.25, 0.3) is 6.08 Å². The maximum absolute atomic E-state index is 13.2. The van der Waals surface area contributed by atoms with E-state index in [0.717, 1.165) is 24.7 Å². The maximum Gasteiger partial charge on any atom is 0.328 e. The first-order valence-corrected chi connectivity index (χ1v) is 6.15. The Morgan fingerprint density at radius 2 is 2.16 bits per heavy atom. The molecule has 1 N–H and O–H groups in total. The number of carboxylic acids is 1. The zero-order valence-corrected chi connectivity index (χ0v) is 10.5. The lowest BCUT2D eigenvalue weighted by Crippen LogP contribution is -2.35. The molecule has 1 fully saturated rings. The van der Waals surface area contributed by atoms with E-state index in [1.165, 1.54) is 18.2 Å². The van der Waals surface area contributed by atoms with Gasteiger partial charge in [-0.1, -0.05) is 6.07 Å². The van der Waals surface area contributed by atoms with Crippen molar-refractivity contribution in [2.24, 2.45) is 0 Å². The molecule has 1 aliphatic rings. The van der Waals surface area contributed by atoms with Crippen LogP contribution in [0.15, 0.2) is 24.3 Å². The van der Waals surface area contributed by atoms with E-state index < -0.39 is 5.97 Å². The van der Waals surface area contributed by atoms with E-state index in [1.54, 1.807) is 6.07 Å². The van der Waals surface area contributed by atoms with E-state index in [1.807, 2.05) is 0 Å². The summed E-state index contributed by atoms with van der Waals surface area (Å²) in [4.78, 5) is 12.8. The monoisotopic (exact) mass is 265 g/mol. The van der Waals surface area contributed by atoms with Gasteiger partial charge in [0.05, 0.1) is 13.2 Å². The Hall–Kier alpha value is -1.72. The first-order valence-electron chi connectivity index (χ1n) is 6.15. The molecule has 0 radical (unpaired) electrons. The van der Waals surface area contributed by atoms with Crippen LogP contribution in [0, 0.1) is 5.82 Å². The van der Waals surface area contributed by atoms with Crippen molar-refractivity contribution in [3.05, 3.63) is 41.2 Å². The van der Waals surface area contributed by atoms with Gasteiger partial charge >= 0.3 is 5.97 Å². The molecule has 5 heteroatoms. The molecule has 0 aliphatic carbocycles. The number of rotatable bonds is 4. The fraction of sp³-hybridized carbons (Fsp3) is 0.357. The molecule has 0 bridgehead atoms. The molecule has 4 nitrogen and oxygen atoms in total. The molecule has 0 unspecified atom stereocenters. The predicted molar refractivity (Wildman–Crippen MR) is 69.2 cm³/mol. The molecule has 1 saturated heterocycles. The Morgan fingerprint density at radius 3 is 2.84 bits per heavy atom. The van der Waals surface area contributed by atoms with Crippen molar-refractivity contribution >= 4 is 12.0 Å². The second-order valence-electron chi connectivity index (χ2n) is 4.40. The highest BCUT2D eigenvalue weighted by Gasteiger charge is 2.12. The summed E-state index contributed by atoms with van der Waals surface area (Å²) in [5.74, 6) is -1.41. The van der Waals surface area contributed by atoms with Crippen LogP contribution >= 0.6 is 0 Å². The third-order valence-electron chi connectivity index (χ3n) is 3.01. The number of benzene rings is 1.